The van der Waals surface area contributed by atoms with Crippen LogP contribution in [0.25, 0.3) is 5.69 Å². The minimum Gasteiger partial charge on any atom is -0.444 e. The number of carbonyl (C=O) groups is 1. The van der Waals surface area contributed by atoms with E-state index < -0.39 is 0 Å². The average Bonchev–Trinajstić information content (AvgIpc) is 3.37. The molecular weight excluding hydrogens is 466 g/mol. The first-order chi connectivity index (χ1) is 16.5. The van der Waals surface area contributed by atoms with Crippen LogP contribution in [0.4, 0.5) is 5.88 Å². The Morgan fingerprint density at radius 2 is 1.79 bits per heavy atom. The number of aryl methyl sites for hydroxylation is 2. The molecule has 0 atom stereocenters. The molecule has 2 heterocycles. The number of aromatic nitrogens is 3. The van der Waals surface area contributed by atoms with Crippen molar-refractivity contribution in [2.24, 2.45) is 0 Å². The lowest BCUT2D eigenvalue weighted by molar-refractivity contribution is -0.113. The first-order valence-electron chi connectivity index (χ1n) is 10.6. The molecule has 0 fully saturated rings. The molecule has 2 aromatic heterocycles. The molecule has 1 amide bonds. The van der Waals surface area contributed by atoms with Gasteiger partial charge in [0, 0.05) is 16.1 Å². The summed E-state index contributed by atoms with van der Waals surface area (Å²) in [5, 5.41) is 21.4. The highest BCUT2D eigenvalue weighted by atomic mass is 32.2. The second kappa shape index (κ2) is 10.6. The first kappa shape index (κ1) is 23.7. The molecule has 0 aliphatic heterocycles. The summed E-state index contributed by atoms with van der Waals surface area (Å²) in [5.74, 6) is 2.03. The van der Waals surface area contributed by atoms with Crippen LogP contribution in [-0.2, 0) is 10.5 Å². The van der Waals surface area contributed by atoms with Crippen molar-refractivity contribution in [3.63, 3.8) is 0 Å². The molecule has 1 N–H and O–H groups in total. The molecule has 0 unspecified atom stereocenters. The molecule has 0 radical (unpaired) electrons. The lowest BCUT2D eigenvalue weighted by Crippen LogP contribution is -2.15. The number of anilines is 1. The quantitative estimate of drug-likeness (QED) is 0.318. The number of nitrogens with zero attached hydrogens (tertiary/aromatic N) is 4. The van der Waals surface area contributed by atoms with Crippen molar-refractivity contribution in [2.45, 2.75) is 36.6 Å². The van der Waals surface area contributed by atoms with Crippen LogP contribution in [0.3, 0.4) is 0 Å². The Hall–Kier alpha value is -3.48. The Morgan fingerprint density at radius 1 is 1.06 bits per heavy atom. The van der Waals surface area contributed by atoms with Crippen molar-refractivity contribution < 1.29 is 9.21 Å². The first-order valence-corrected chi connectivity index (χ1v) is 12.5. The molecule has 9 heteroatoms. The Bertz CT molecular complexity index is 1340. The zero-order valence-corrected chi connectivity index (χ0v) is 20.7. The number of furan rings is 1. The highest BCUT2D eigenvalue weighted by Crippen LogP contribution is 2.29. The second-order valence-corrected chi connectivity index (χ2v) is 9.60. The Kier molecular flexibility index (Phi) is 7.40. The number of thioether (sulfide) groups is 2. The van der Waals surface area contributed by atoms with Gasteiger partial charge in [-0.05, 0) is 45.0 Å². The molecule has 0 bridgehead atoms. The van der Waals surface area contributed by atoms with Gasteiger partial charge in [0.2, 0.25) is 11.8 Å². The molecule has 7 nitrogen and oxygen atoms in total. The van der Waals surface area contributed by atoms with E-state index in [4.69, 9.17) is 4.42 Å². The molecule has 4 aromatic rings. The summed E-state index contributed by atoms with van der Waals surface area (Å²) in [4.78, 5) is 13.8. The van der Waals surface area contributed by atoms with Crippen molar-refractivity contribution in [1.82, 2.24) is 14.8 Å². The standard InChI is InChI=1S/C25H23N5O2S2/c1-16-9-11-20(12-10-16)33-14-22-28-29-25(30(22)19-7-5-4-6-8-19)34-15-23(31)27-24-21(13-26)17(2)18(3)32-24/h4-12H,14-15H2,1-3H3,(H,27,31). The third-order valence-electron chi connectivity index (χ3n) is 5.19. The summed E-state index contributed by atoms with van der Waals surface area (Å²) in [6.45, 7) is 5.62. The van der Waals surface area contributed by atoms with Gasteiger partial charge in [-0.2, -0.15) is 5.26 Å². The van der Waals surface area contributed by atoms with Gasteiger partial charge in [0.15, 0.2) is 5.16 Å². The van der Waals surface area contributed by atoms with Gasteiger partial charge in [0.25, 0.3) is 0 Å². The van der Waals surface area contributed by atoms with Gasteiger partial charge in [-0.3, -0.25) is 14.7 Å². The number of nitriles is 1. The normalized spacial score (nSPS) is 10.8. The molecule has 0 saturated carbocycles. The maximum Gasteiger partial charge on any atom is 0.237 e. The van der Waals surface area contributed by atoms with Crippen molar-refractivity contribution in [3.8, 4) is 11.8 Å². The van der Waals surface area contributed by atoms with Crippen LogP contribution in [0.5, 0.6) is 0 Å². The number of carbonyl (C=O) groups excluding carboxylic acids is 1. The van der Waals surface area contributed by atoms with Crippen molar-refractivity contribution in [3.05, 3.63) is 82.9 Å². The van der Waals surface area contributed by atoms with E-state index in [9.17, 15) is 10.1 Å². The van der Waals surface area contributed by atoms with Crippen LogP contribution in [0.15, 0.2) is 69.1 Å². The molecular formula is C25H23N5O2S2. The Morgan fingerprint density at radius 3 is 2.50 bits per heavy atom. The predicted molar refractivity (Wildman–Crippen MR) is 134 cm³/mol. The Labute approximate surface area is 206 Å². The fourth-order valence-corrected chi connectivity index (χ4v) is 4.83. The predicted octanol–water partition coefficient (Wildman–Crippen LogP) is 5.68. The van der Waals surface area contributed by atoms with E-state index >= 15 is 0 Å². The van der Waals surface area contributed by atoms with Gasteiger partial charge in [0.05, 0.1) is 11.5 Å². The lowest BCUT2D eigenvalue weighted by atomic mass is 10.2. The van der Waals surface area contributed by atoms with Crippen LogP contribution in [0, 0.1) is 32.1 Å². The number of hydrogen-bond acceptors (Lipinski definition) is 7. The maximum atomic E-state index is 12.6. The van der Waals surface area contributed by atoms with Gasteiger partial charge in [-0.1, -0.05) is 47.7 Å². The molecule has 0 spiro atoms. The SMILES string of the molecule is Cc1ccc(SCc2nnc(SCC(=O)Nc3oc(C)c(C)c3C#N)n2-c2ccccc2)cc1. The third-order valence-corrected chi connectivity index (χ3v) is 7.12. The summed E-state index contributed by atoms with van der Waals surface area (Å²) in [5.41, 5.74) is 3.22. The highest BCUT2D eigenvalue weighted by Gasteiger charge is 2.19. The van der Waals surface area contributed by atoms with Crippen LogP contribution in [-0.4, -0.2) is 26.4 Å². The molecule has 0 saturated heterocycles. The van der Waals surface area contributed by atoms with Crippen LogP contribution < -0.4 is 5.32 Å². The number of rotatable bonds is 8. The monoisotopic (exact) mass is 489 g/mol. The largest absolute Gasteiger partial charge is 0.444 e. The fraction of sp³-hybridized carbons (Fsp3) is 0.200. The third kappa shape index (κ3) is 5.35. The van der Waals surface area contributed by atoms with E-state index in [0.29, 0.717) is 22.2 Å². The molecule has 0 aliphatic rings. The van der Waals surface area contributed by atoms with E-state index in [0.717, 1.165) is 22.0 Å². The van der Waals surface area contributed by atoms with E-state index in [1.54, 1.807) is 25.6 Å². The summed E-state index contributed by atoms with van der Waals surface area (Å²) in [6.07, 6.45) is 0. The summed E-state index contributed by atoms with van der Waals surface area (Å²) >= 11 is 2.97. The van der Waals surface area contributed by atoms with Gasteiger partial charge in [-0.15, -0.1) is 22.0 Å². The molecule has 34 heavy (non-hydrogen) atoms. The van der Waals surface area contributed by atoms with E-state index in [-0.39, 0.29) is 17.5 Å². The summed E-state index contributed by atoms with van der Waals surface area (Å²) in [6, 6.07) is 20.3. The highest BCUT2D eigenvalue weighted by molar-refractivity contribution is 7.99. The van der Waals surface area contributed by atoms with Gasteiger partial charge >= 0.3 is 0 Å². The molecule has 2 aromatic carbocycles. The summed E-state index contributed by atoms with van der Waals surface area (Å²) in [7, 11) is 0. The zero-order valence-electron chi connectivity index (χ0n) is 19.0. The van der Waals surface area contributed by atoms with Crippen molar-refractivity contribution >= 4 is 35.3 Å². The minimum atomic E-state index is -0.284. The average molecular weight is 490 g/mol. The van der Waals surface area contributed by atoms with Crippen LogP contribution >= 0.6 is 23.5 Å². The molecule has 0 aliphatic carbocycles. The molecule has 172 valence electrons. The topological polar surface area (TPSA) is 96.7 Å². The number of para-hydroxylation sites is 1. The van der Waals surface area contributed by atoms with E-state index in [2.05, 4.69) is 52.8 Å². The number of amides is 1. The number of nitrogens with one attached hydrogen (secondary N) is 1. The minimum absolute atomic E-state index is 0.0970. The smallest absolute Gasteiger partial charge is 0.237 e. The fourth-order valence-electron chi connectivity index (χ4n) is 3.25. The van der Waals surface area contributed by atoms with Crippen molar-refractivity contribution in [1.29, 1.82) is 5.26 Å². The second-order valence-electron chi connectivity index (χ2n) is 7.61. The van der Waals surface area contributed by atoms with Crippen LogP contribution in [0.1, 0.15) is 28.3 Å². The number of benzene rings is 2. The zero-order chi connectivity index (χ0) is 24.1. The van der Waals surface area contributed by atoms with Gasteiger partial charge in [-0.25, -0.2) is 0 Å². The van der Waals surface area contributed by atoms with E-state index in [1.807, 2.05) is 34.9 Å². The Balaban J connectivity index is 1.50. The lowest BCUT2D eigenvalue weighted by Gasteiger charge is -2.10. The maximum absolute atomic E-state index is 12.6. The van der Waals surface area contributed by atoms with Crippen molar-refractivity contribution in [2.75, 3.05) is 11.1 Å². The van der Waals surface area contributed by atoms with E-state index in [1.165, 1.54) is 17.3 Å². The van der Waals surface area contributed by atoms with Gasteiger partial charge < -0.3 is 4.42 Å². The van der Waals surface area contributed by atoms with Gasteiger partial charge in [0.1, 0.15) is 23.2 Å². The molecule has 4 rings (SSSR count). The summed E-state index contributed by atoms with van der Waals surface area (Å²) < 4.78 is 7.51. The number of hydrogen-bond donors (Lipinski definition) is 1. The van der Waals surface area contributed by atoms with Crippen LogP contribution in [0.2, 0.25) is 0 Å².